The first-order chi connectivity index (χ1) is 12.2. The van der Waals surface area contributed by atoms with Crippen LogP contribution < -0.4 is 15.9 Å². The minimum Gasteiger partial charge on any atom is -0.444 e. The van der Waals surface area contributed by atoms with Crippen LogP contribution in [0.25, 0.3) is 0 Å². The van der Waals surface area contributed by atoms with E-state index in [-0.39, 0.29) is 18.7 Å². The van der Waals surface area contributed by atoms with E-state index in [1.807, 2.05) is 48.5 Å². The summed E-state index contributed by atoms with van der Waals surface area (Å²) >= 11 is 0. The summed E-state index contributed by atoms with van der Waals surface area (Å²) in [5.74, 6) is 0. The van der Waals surface area contributed by atoms with Gasteiger partial charge in [-0.15, -0.1) is 0 Å². The van der Waals surface area contributed by atoms with E-state index in [1.165, 1.54) is 7.62 Å². The maximum absolute atomic E-state index is 12.7. The minimum absolute atomic E-state index is 0.0420. The smallest absolute Gasteiger partial charge is 0.414 e. The molecule has 0 saturated carbocycles. The van der Waals surface area contributed by atoms with E-state index < -0.39 is 0 Å². The van der Waals surface area contributed by atoms with E-state index in [2.05, 4.69) is 5.23 Å². The summed E-state index contributed by atoms with van der Waals surface area (Å²) < 4.78 is 10.5. The molecule has 2 aromatic rings. The molecule has 0 spiro atoms. The van der Waals surface area contributed by atoms with Crippen molar-refractivity contribution in [2.24, 2.45) is 0 Å². The van der Waals surface area contributed by atoms with Gasteiger partial charge < -0.3 is 20.4 Å². The number of nitrogens with two attached hydrogens (primary N) is 1. The van der Waals surface area contributed by atoms with E-state index in [4.69, 9.17) is 15.1 Å². The number of nitrogens with one attached hydrogen (secondary N) is 1. The van der Waals surface area contributed by atoms with Gasteiger partial charge in [-0.25, -0.2) is 4.79 Å². The number of carbonyl (C=O) groups is 1. The molecule has 129 valence electrons. The van der Waals surface area contributed by atoms with Crippen molar-refractivity contribution in [3.63, 3.8) is 0 Å². The Kier molecular flexibility index (Phi) is 5.58. The molecule has 25 heavy (non-hydrogen) atoms. The zero-order valence-corrected chi connectivity index (χ0v) is 14.1. The number of anilines is 2. The Labute approximate surface area is 148 Å². The Morgan fingerprint density at radius 2 is 2.12 bits per heavy atom. The molecule has 0 fully saturated rings. The van der Waals surface area contributed by atoms with Gasteiger partial charge in [0, 0.05) is 25.4 Å². The summed E-state index contributed by atoms with van der Waals surface area (Å²) in [6.45, 7) is 0.708. The molecule has 2 aromatic carbocycles. The van der Waals surface area contributed by atoms with Gasteiger partial charge in [0.05, 0.1) is 5.69 Å². The molecule has 6 nitrogen and oxygen atoms in total. The maximum atomic E-state index is 12.7. The van der Waals surface area contributed by atoms with Gasteiger partial charge in [0.2, 0.25) is 0 Å². The Morgan fingerprint density at radius 1 is 1.32 bits per heavy atom. The first-order valence-corrected chi connectivity index (χ1v) is 8.14. The molecule has 1 heterocycles. The van der Waals surface area contributed by atoms with Crippen LogP contribution in [0.1, 0.15) is 11.1 Å². The highest BCUT2D eigenvalue weighted by molar-refractivity contribution is 6.23. The number of nitrogens with zero attached hydrogens (tertiary/aromatic N) is 1. The summed E-state index contributed by atoms with van der Waals surface area (Å²) in [5.41, 5.74) is 9.31. The van der Waals surface area contributed by atoms with Crippen molar-refractivity contribution in [1.29, 1.82) is 0 Å². The molecule has 1 aliphatic rings. The van der Waals surface area contributed by atoms with Gasteiger partial charge >= 0.3 is 13.7 Å². The molecular formula is C18H21BN3O3. The number of carbonyl (C=O) groups excluding carboxylic acids is 1. The predicted octanol–water partition coefficient (Wildman–Crippen LogP) is 2.11. The molecule has 1 radical (unpaired) electrons. The SMILES string of the molecule is CO[B]NC1Cc2ccc(N)cc2N(C(=O)OCc2ccccc2)C1. The first kappa shape index (κ1) is 17.3. The van der Waals surface area contributed by atoms with Crippen LogP contribution in [0, 0.1) is 0 Å². The Bertz CT molecular complexity index is 727. The number of fused-ring (bicyclic) bond motifs is 1. The van der Waals surface area contributed by atoms with Crippen molar-refractivity contribution in [3.8, 4) is 0 Å². The summed E-state index contributed by atoms with van der Waals surface area (Å²) in [7, 11) is 3.11. The molecule has 1 amide bonds. The van der Waals surface area contributed by atoms with Crippen molar-refractivity contribution >= 4 is 25.1 Å². The lowest BCUT2D eigenvalue weighted by Gasteiger charge is -2.34. The van der Waals surface area contributed by atoms with Crippen LogP contribution in [0.15, 0.2) is 48.5 Å². The van der Waals surface area contributed by atoms with Crippen LogP contribution in [0.3, 0.4) is 0 Å². The lowest BCUT2D eigenvalue weighted by Crippen LogP contribution is -2.50. The highest BCUT2D eigenvalue weighted by Gasteiger charge is 2.29. The average molecular weight is 338 g/mol. The van der Waals surface area contributed by atoms with E-state index in [9.17, 15) is 4.79 Å². The second kappa shape index (κ2) is 8.05. The number of ether oxygens (including phenoxy) is 1. The number of hydrogen-bond donors (Lipinski definition) is 2. The fraction of sp³-hybridized carbons (Fsp3) is 0.278. The van der Waals surface area contributed by atoms with Crippen LogP contribution in [0.5, 0.6) is 0 Å². The molecule has 0 aromatic heterocycles. The molecule has 0 saturated heterocycles. The van der Waals surface area contributed by atoms with Gasteiger partial charge in [-0.05, 0) is 29.7 Å². The molecule has 1 unspecified atom stereocenters. The van der Waals surface area contributed by atoms with Crippen LogP contribution in [-0.4, -0.2) is 33.4 Å². The highest BCUT2D eigenvalue weighted by atomic mass is 16.6. The topological polar surface area (TPSA) is 76.8 Å². The third kappa shape index (κ3) is 4.32. The quantitative estimate of drug-likeness (QED) is 0.645. The van der Waals surface area contributed by atoms with Gasteiger partial charge in [0.1, 0.15) is 6.61 Å². The Balaban J connectivity index is 1.75. The average Bonchev–Trinajstić information content (AvgIpc) is 2.64. The van der Waals surface area contributed by atoms with Crippen LogP contribution in [-0.2, 0) is 22.4 Å². The Hall–Kier alpha value is -2.51. The third-order valence-corrected chi connectivity index (χ3v) is 4.12. The van der Waals surface area contributed by atoms with E-state index in [1.54, 1.807) is 12.0 Å². The third-order valence-electron chi connectivity index (χ3n) is 4.12. The second-order valence-electron chi connectivity index (χ2n) is 5.96. The summed E-state index contributed by atoms with van der Waals surface area (Å²) in [6.07, 6.45) is 0.386. The van der Waals surface area contributed by atoms with E-state index >= 15 is 0 Å². The second-order valence-corrected chi connectivity index (χ2v) is 5.96. The molecule has 1 aliphatic heterocycles. The fourth-order valence-electron chi connectivity index (χ4n) is 2.90. The Morgan fingerprint density at radius 3 is 2.88 bits per heavy atom. The van der Waals surface area contributed by atoms with Gasteiger partial charge in [0.25, 0.3) is 0 Å². The van der Waals surface area contributed by atoms with Crippen molar-refractivity contribution in [1.82, 2.24) is 5.23 Å². The molecule has 0 aliphatic carbocycles. The zero-order valence-electron chi connectivity index (χ0n) is 14.1. The predicted molar refractivity (Wildman–Crippen MR) is 98.2 cm³/mol. The lowest BCUT2D eigenvalue weighted by atomic mass is 9.96. The van der Waals surface area contributed by atoms with Crippen LogP contribution >= 0.6 is 0 Å². The van der Waals surface area contributed by atoms with Crippen LogP contribution in [0.4, 0.5) is 16.2 Å². The normalized spacial score (nSPS) is 16.2. The number of rotatable bonds is 5. The summed E-state index contributed by atoms with van der Waals surface area (Å²) in [4.78, 5) is 14.3. The van der Waals surface area contributed by atoms with Crippen molar-refractivity contribution in [2.45, 2.75) is 19.1 Å². The van der Waals surface area contributed by atoms with Crippen molar-refractivity contribution < 1.29 is 14.2 Å². The molecular weight excluding hydrogens is 317 g/mol. The molecule has 3 rings (SSSR count). The lowest BCUT2D eigenvalue weighted by molar-refractivity contribution is 0.146. The van der Waals surface area contributed by atoms with Gasteiger partial charge in [0.15, 0.2) is 0 Å². The largest absolute Gasteiger partial charge is 0.444 e. The van der Waals surface area contributed by atoms with Gasteiger partial charge in [-0.1, -0.05) is 36.4 Å². The number of hydrogen-bond acceptors (Lipinski definition) is 5. The number of amides is 1. The highest BCUT2D eigenvalue weighted by Crippen LogP contribution is 2.30. The standard InChI is InChI=1S/C18H21BN3O3/c1-24-19-21-16-9-14-7-8-15(20)10-17(14)22(11-16)18(23)25-12-13-5-3-2-4-6-13/h2-8,10,16,21H,9,11-12,20H2,1H3. The van der Waals surface area contributed by atoms with Gasteiger partial charge in [-0.2, -0.15) is 0 Å². The number of nitrogen functional groups attached to an aromatic ring is 1. The molecule has 7 heteroatoms. The molecule has 3 N–H and O–H groups in total. The van der Waals surface area contributed by atoms with E-state index in [0.29, 0.717) is 12.2 Å². The van der Waals surface area contributed by atoms with Crippen molar-refractivity contribution in [2.75, 3.05) is 24.3 Å². The van der Waals surface area contributed by atoms with Crippen molar-refractivity contribution in [3.05, 3.63) is 59.7 Å². The zero-order chi connectivity index (χ0) is 17.6. The van der Waals surface area contributed by atoms with Crippen LogP contribution in [0.2, 0.25) is 0 Å². The minimum atomic E-state index is -0.389. The molecule has 1 atom stereocenters. The summed E-state index contributed by atoms with van der Waals surface area (Å²) in [5, 5.41) is 3.16. The monoisotopic (exact) mass is 338 g/mol. The first-order valence-electron chi connectivity index (χ1n) is 8.14. The number of benzene rings is 2. The maximum Gasteiger partial charge on any atom is 0.414 e. The summed E-state index contributed by atoms with van der Waals surface area (Å²) in [6, 6.07) is 15.3. The molecule has 0 bridgehead atoms. The fourth-order valence-corrected chi connectivity index (χ4v) is 2.90. The van der Waals surface area contributed by atoms with Gasteiger partial charge in [-0.3, -0.25) is 4.90 Å². The van der Waals surface area contributed by atoms with E-state index in [0.717, 1.165) is 23.2 Å².